The molecule has 2 aromatic carbocycles. The van der Waals surface area contributed by atoms with Crippen molar-refractivity contribution in [3.63, 3.8) is 0 Å². The first-order chi connectivity index (χ1) is 12.6. The Labute approximate surface area is 154 Å². The van der Waals surface area contributed by atoms with Crippen LogP contribution >= 0.6 is 0 Å². The van der Waals surface area contributed by atoms with Crippen molar-refractivity contribution in [3.05, 3.63) is 48.0 Å². The number of aryl methyl sites for hydroxylation is 1. The summed E-state index contributed by atoms with van der Waals surface area (Å²) in [6.45, 7) is 5.42. The molecule has 140 valence electrons. The molecule has 0 radical (unpaired) electrons. The quantitative estimate of drug-likeness (QED) is 0.658. The van der Waals surface area contributed by atoms with Crippen molar-refractivity contribution in [2.75, 3.05) is 38.9 Å². The topological polar surface area (TPSA) is 66.0 Å². The summed E-state index contributed by atoms with van der Waals surface area (Å²) in [6, 6.07) is 12.7. The van der Waals surface area contributed by atoms with Crippen molar-refractivity contribution in [1.82, 2.24) is 0 Å². The molecule has 26 heavy (non-hydrogen) atoms. The molecule has 0 saturated carbocycles. The van der Waals surface area contributed by atoms with Crippen LogP contribution in [0.15, 0.2) is 42.5 Å². The third kappa shape index (κ3) is 6.29. The number of hydrogen-bond donors (Lipinski definition) is 1. The van der Waals surface area contributed by atoms with Gasteiger partial charge in [0.15, 0.2) is 18.1 Å². The second-order valence-electron chi connectivity index (χ2n) is 5.56. The average molecular weight is 359 g/mol. The monoisotopic (exact) mass is 359 g/mol. The van der Waals surface area contributed by atoms with Gasteiger partial charge in [-0.1, -0.05) is 12.1 Å². The summed E-state index contributed by atoms with van der Waals surface area (Å²) in [4.78, 5) is 12.1. The number of ether oxygens (including phenoxy) is 4. The van der Waals surface area contributed by atoms with Gasteiger partial charge in [-0.25, -0.2) is 0 Å². The van der Waals surface area contributed by atoms with E-state index in [4.69, 9.17) is 18.9 Å². The molecular weight excluding hydrogens is 334 g/mol. The number of carbonyl (C=O) groups excluding carboxylic acids is 1. The van der Waals surface area contributed by atoms with Gasteiger partial charge < -0.3 is 24.3 Å². The predicted octanol–water partition coefficient (Wildman–Crippen LogP) is 3.44. The maximum absolute atomic E-state index is 12.1. The molecular formula is C20H25NO5. The van der Waals surface area contributed by atoms with Gasteiger partial charge in [-0.3, -0.25) is 4.79 Å². The van der Waals surface area contributed by atoms with Crippen LogP contribution in [-0.4, -0.2) is 39.4 Å². The standard InChI is InChI=1S/C20H25NO5/c1-4-24-10-11-25-17-7-5-6-16(13-17)21-20(22)14-26-18-9-8-15(2)12-19(18)23-3/h5-9,12-13H,4,10-11,14H2,1-3H3,(H,21,22). The Morgan fingerprint density at radius 3 is 2.65 bits per heavy atom. The molecule has 0 fully saturated rings. The third-order valence-electron chi connectivity index (χ3n) is 3.50. The smallest absolute Gasteiger partial charge is 0.262 e. The van der Waals surface area contributed by atoms with Crippen LogP contribution in [0.5, 0.6) is 17.2 Å². The largest absolute Gasteiger partial charge is 0.493 e. The highest BCUT2D eigenvalue weighted by atomic mass is 16.5. The lowest BCUT2D eigenvalue weighted by atomic mass is 10.2. The molecule has 6 nitrogen and oxygen atoms in total. The normalized spacial score (nSPS) is 10.3. The van der Waals surface area contributed by atoms with Gasteiger partial charge in [-0.05, 0) is 43.7 Å². The fraction of sp³-hybridized carbons (Fsp3) is 0.350. The van der Waals surface area contributed by atoms with Crippen LogP contribution in [0.1, 0.15) is 12.5 Å². The summed E-state index contributed by atoms with van der Waals surface area (Å²) in [7, 11) is 1.57. The Balaban J connectivity index is 1.86. The number of carbonyl (C=O) groups is 1. The van der Waals surface area contributed by atoms with E-state index in [9.17, 15) is 4.79 Å². The highest BCUT2D eigenvalue weighted by molar-refractivity contribution is 5.92. The molecule has 0 aromatic heterocycles. The van der Waals surface area contributed by atoms with Gasteiger partial charge >= 0.3 is 0 Å². The number of rotatable bonds is 10. The second kappa shape index (κ2) is 10.3. The maximum Gasteiger partial charge on any atom is 0.262 e. The van der Waals surface area contributed by atoms with Gasteiger partial charge in [0.1, 0.15) is 12.4 Å². The van der Waals surface area contributed by atoms with Crippen LogP contribution in [-0.2, 0) is 9.53 Å². The van der Waals surface area contributed by atoms with E-state index in [1.165, 1.54) is 0 Å². The van der Waals surface area contributed by atoms with E-state index in [1.807, 2.05) is 38.1 Å². The van der Waals surface area contributed by atoms with E-state index in [0.717, 1.165) is 5.56 Å². The summed E-state index contributed by atoms with van der Waals surface area (Å²) >= 11 is 0. The van der Waals surface area contributed by atoms with Crippen LogP contribution in [0.2, 0.25) is 0 Å². The molecule has 0 spiro atoms. The van der Waals surface area contributed by atoms with Crippen molar-refractivity contribution in [2.45, 2.75) is 13.8 Å². The van der Waals surface area contributed by atoms with Crippen LogP contribution in [0.4, 0.5) is 5.69 Å². The van der Waals surface area contributed by atoms with Crippen molar-refractivity contribution in [3.8, 4) is 17.2 Å². The first-order valence-corrected chi connectivity index (χ1v) is 8.50. The van der Waals surface area contributed by atoms with Gasteiger partial charge in [0, 0.05) is 18.4 Å². The predicted molar refractivity (Wildman–Crippen MR) is 100 cm³/mol. The van der Waals surface area contributed by atoms with Crippen LogP contribution in [0.25, 0.3) is 0 Å². The molecule has 0 aliphatic rings. The molecule has 0 bridgehead atoms. The van der Waals surface area contributed by atoms with E-state index >= 15 is 0 Å². The fourth-order valence-electron chi connectivity index (χ4n) is 2.26. The number of nitrogens with one attached hydrogen (secondary N) is 1. The Morgan fingerprint density at radius 2 is 1.88 bits per heavy atom. The third-order valence-corrected chi connectivity index (χ3v) is 3.50. The zero-order valence-corrected chi connectivity index (χ0v) is 15.4. The van der Waals surface area contributed by atoms with Crippen molar-refractivity contribution in [2.24, 2.45) is 0 Å². The molecule has 0 aliphatic heterocycles. The first kappa shape index (κ1) is 19.6. The Morgan fingerprint density at radius 1 is 1.04 bits per heavy atom. The molecule has 2 aromatic rings. The molecule has 0 heterocycles. The zero-order chi connectivity index (χ0) is 18.8. The molecule has 0 aliphatic carbocycles. The number of hydrogen-bond acceptors (Lipinski definition) is 5. The molecule has 6 heteroatoms. The lowest BCUT2D eigenvalue weighted by Gasteiger charge is -2.12. The summed E-state index contributed by atoms with van der Waals surface area (Å²) < 4.78 is 21.6. The lowest BCUT2D eigenvalue weighted by molar-refractivity contribution is -0.118. The van der Waals surface area contributed by atoms with Gasteiger partial charge in [0.2, 0.25) is 0 Å². The minimum absolute atomic E-state index is 0.116. The number of benzene rings is 2. The Hall–Kier alpha value is -2.73. The minimum atomic E-state index is -0.265. The van der Waals surface area contributed by atoms with Crippen LogP contribution < -0.4 is 19.5 Å². The van der Waals surface area contributed by atoms with Gasteiger partial charge in [0.25, 0.3) is 5.91 Å². The van der Waals surface area contributed by atoms with E-state index in [0.29, 0.717) is 42.8 Å². The highest BCUT2D eigenvalue weighted by Gasteiger charge is 2.08. The fourth-order valence-corrected chi connectivity index (χ4v) is 2.26. The van der Waals surface area contributed by atoms with Crippen molar-refractivity contribution in [1.29, 1.82) is 0 Å². The summed E-state index contributed by atoms with van der Waals surface area (Å²) in [5, 5.41) is 2.79. The minimum Gasteiger partial charge on any atom is -0.493 e. The Kier molecular flexibility index (Phi) is 7.76. The zero-order valence-electron chi connectivity index (χ0n) is 15.4. The van der Waals surface area contributed by atoms with Gasteiger partial charge in [-0.2, -0.15) is 0 Å². The van der Waals surface area contributed by atoms with Gasteiger partial charge in [-0.15, -0.1) is 0 Å². The SMILES string of the molecule is CCOCCOc1cccc(NC(=O)COc2ccc(C)cc2OC)c1. The van der Waals surface area contributed by atoms with E-state index in [2.05, 4.69) is 5.32 Å². The maximum atomic E-state index is 12.1. The number of methoxy groups -OCH3 is 1. The van der Waals surface area contributed by atoms with Crippen molar-refractivity contribution >= 4 is 11.6 Å². The average Bonchev–Trinajstić information content (AvgIpc) is 2.64. The van der Waals surface area contributed by atoms with Crippen molar-refractivity contribution < 1.29 is 23.7 Å². The van der Waals surface area contributed by atoms with E-state index < -0.39 is 0 Å². The molecule has 0 saturated heterocycles. The molecule has 0 unspecified atom stereocenters. The van der Waals surface area contributed by atoms with Gasteiger partial charge in [0.05, 0.1) is 13.7 Å². The van der Waals surface area contributed by atoms with E-state index in [-0.39, 0.29) is 12.5 Å². The summed E-state index contributed by atoms with van der Waals surface area (Å²) in [5.74, 6) is 1.53. The number of amides is 1. The number of anilines is 1. The summed E-state index contributed by atoms with van der Waals surface area (Å²) in [5.41, 5.74) is 1.70. The second-order valence-corrected chi connectivity index (χ2v) is 5.56. The molecule has 1 amide bonds. The molecule has 1 N–H and O–H groups in total. The molecule has 2 rings (SSSR count). The Bertz CT molecular complexity index is 717. The van der Waals surface area contributed by atoms with Crippen LogP contribution in [0, 0.1) is 6.92 Å². The van der Waals surface area contributed by atoms with Crippen LogP contribution in [0.3, 0.4) is 0 Å². The summed E-state index contributed by atoms with van der Waals surface area (Å²) in [6.07, 6.45) is 0. The first-order valence-electron chi connectivity index (χ1n) is 8.50. The lowest BCUT2D eigenvalue weighted by Crippen LogP contribution is -2.20. The molecule has 0 atom stereocenters. The highest BCUT2D eigenvalue weighted by Crippen LogP contribution is 2.27. The van der Waals surface area contributed by atoms with E-state index in [1.54, 1.807) is 25.3 Å².